The van der Waals surface area contributed by atoms with Gasteiger partial charge in [0.25, 0.3) is 0 Å². The van der Waals surface area contributed by atoms with Gasteiger partial charge in [-0.1, -0.05) is 43.3 Å². The second-order valence-electron chi connectivity index (χ2n) is 15.2. The third-order valence-electron chi connectivity index (χ3n) is 11.6. The number of aryl methyl sites for hydroxylation is 1. The number of aliphatic hydroxyl groups is 1. The molecule has 2 fully saturated rings. The van der Waals surface area contributed by atoms with Crippen LogP contribution in [-0.2, 0) is 23.4 Å². The number of hydrogen-bond donors (Lipinski definition) is 4. The molecule has 0 spiro atoms. The highest BCUT2D eigenvalue weighted by atomic mass is 16.4. The minimum absolute atomic E-state index is 0.192. The molecule has 4 N–H and O–H groups in total. The van der Waals surface area contributed by atoms with Gasteiger partial charge in [-0.2, -0.15) is 5.26 Å². The summed E-state index contributed by atoms with van der Waals surface area (Å²) in [6, 6.07) is 18.8. The number of nitrogens with zero attached hydrogens (tertiary/aromatic N) is 5. The summed E-state index contributed by atoms with van der Waals surface area (Å²) < 4.78 is 6.66. The van der Waals surface area contributed by atoms with Gasteiger partial charge in [0.15, 0.2) is 11.4 Å². The van der Waals surface area contributed by atoms with Gasteiger partial charge in [-0.15, -0.1) is 0 Å². The zero-order chi connectivity index (χ0) is 37.4. The number of pyridine rings is 2. The van der Waals surface area contributed by atoms with Crippen LogP contribution in [0.1, 0.15) is 72.7 Å². The van der Waals surface area contributed by atoms with E-state index >= 15 is 0 Å². The largest absolute Gasteiger partial charge is 0.481 e. The monoisotopic (exact) mass is 723 g/mol. The maximum atomic E-state index is 11.4. The molecule has 0 radical (unpaired) electrons. The quantitative estimate of drug-likeness (QED) is 0.119. The van der Waals surface area contributed by atoms with Crippen molar-refractivity contribution in [2.45, 2.75) is 76.7 Å². The number of carboxylic acids is 1. The second-order valence-corrected chi connectivity index (χ2v) is 15.2. The van der Waals surface area contributed by atoms with Crippen LogP contribution in [0.15, 0.2) is 83.6 Å². The molecule has 1 saturated carbocycles. The fourth-order valence-electron chi connectivity index (χ4n) is 8.47. The van der Waals surface area contributed by atoms with E-state index in [1.54, 1.807) is 6.20 Å². The number of nitrogens with one attached hydrogen (secondary N) is 2. The Morgan fingerprint density at radius 1 is 1.09 bits per heavy atom. The van der Waals surface area contributed by atoms with E-state index in [-0.39, 0.29) is 24.0 Å². The van der Waals surface area contributed by atoms with Gasteiger partial charge >= 0.3 is 5.97 Å². The fraction of sp³-hybridized carbons (Fsp3) is 0.372. The lowest BCUT2D eigenvalue weighted by atomic mass is 9.73. The number of fused-ring (bicyclic) bond motifs is 2. The maximum absolute atomic E-state index is 11.4. The third kappa shape index (κ3) is 6.89. The van der Waals surface area contributed by atoms with E-state index in [1.807, 2.05) is 42.6 Å². The number of likely N-dealkylation sites (tertiary alicyclic amines) is 1. The molecule has 11 heteroatoms. The lowest BCUT2D eigenvalue weighted by molar-refractivity contribution is -0.142. The molecule has 276 valence electrons. The van der Waals surface area contributed by atoms with Crippen LogP contribution < -0.4 is 10.6 Å². The average Bonchev–Trinajstić information content (AvgIpc) is 3.81. The van der Waals surface area contributed by atoms with Crippen molar-refractivity contribution in [3.63, 3.8) is 0 Å². The molecule has 1 aliphatic heterocycles. The van der Waals surface area contributed by atoms with Crippen molar-refractivity contribution in [1.29, 1.82) is 5.26 Å². The summed E-state index contributed by atoms with van der Waals surface area (Å²) in [4.78, 5) is 28.5. The molecule has 0 amide bonds. The average molecular weight is 724 g/mol. The van der Waals surface area contributed by atoms with Crippen LogP contribution in [0.3, 0.4) is 0 Å². The van der Waals surface area contributed by atoms with E-state index in [1.165, 1.54) is 0 Å². The van der Waals surface area contributed by atoms with E-state index in [9.17, 15) is 20.3 Å². The number of aliphatic hydroxyl groups excluding tert-OH is 1. The predicted octanol–water partition coefficient (Wildman–Crippen LogP) is 6.85. The third-order valence-corrected chi connectivity index (χ3v) is 11.6. The predicted molar refractivity (Wildman–Crippen MR) is 207 cm³/mol. The van der Waals surface area contributed by atoms with E-state index in [4.69, 9.17) is 19.4 Å². The van der Waals surface area contributed by atoms with E-state index in [0.717, 1.165) is 59.0 Å². The van der Waals surface area contributed by atoms with Crippen LogP contribution in [0.4, 0.5) is 5.82 Å². The summed E-state index contributed by atoms with van der Waals surface area (Å²) in [7, 11) is 0. The Labute approximate surface area is 314 Å². The Balaban J connectivity index is 1.16. The zero-order valence-corrected chi connectivity index (χ0v) is 30.6. The number of aliphatic carboxylic acids is 1. The molecule has 8 rings (SSSR count). The lowest BCUT2D eigenvalue weighted by Crippen LogP contribution is -2.42. The number of allylic oxidation sites excluding steroid dienone is 2. The number of aromatic nitrogens is 3. The summed E-state index contributed by atoms with van der Waals surface area (Å²) in [5.74, 6) is -0.181. The minimum Gasteiger partial charge on any atom is -0.481 e. The van der Waals surface area contributed by atoms with Crippen LogP contribution in [0.2, 0.25) is 0 Å². The molecule has 11 nitrogen and oxygen atoms in total. The number of benzene rings is 2. The van der Waals surface area contributed by atoms with Crippen LogP contribution >= 0.6 is 0 Å². The van der Waals surface area contributed by atoms with Crippen molar-refractivity contribution in [2.24, 2.45) is 11.8 Å². The molecule has 4 heterocycles. The van der Waals surface area contributed by atoms with Crippen LogP contribution in [0.5, 0.6) is 0 Å². The molecular formula is C43H45N7O4. The highest BCUT2D eigenvalue weighted by Crippen LogP contribution is 2.46. The standard InChI is InChI=1S/C43H45N7O4/c1-26-6-3-4-7-35(26)36-8-5-15-43(27(36)2,49-40-38-31(13-16-45-40)19-29(23-47-38)24-50-17-14-34(51)25-50)42-48-37-20-28(18-32(21-44)39(37)54-42)22-46-33-11-9-30(10-12-33)41(52)53/h3-8,13,15-16,18-20,23,27,30,33-34,46,51H,9-12,14,17,22,24-25H2,1-2H3,(H,45,49)(H,52,53)/t27?,30-,33+,34-,43?/m1/s1. The molecule has 1 saturated heterocycles. The molecule has 3 atom stereocenters. The smallest absolute Gasteiger partial charge is 0.306 e. The minimum atomic E-state index is -1.01. The summed E-state index contributed by atoms with van der Waals surface area (Å²) in [5, 5.41) is 38.1. The van der Waals surface area contributed by atoms with Crippen molar-refractivity contribution in [2.75, 3.05) is 18.4 Å². The topological polar surface area (TPSA) is 160 Å². The molecule has 3 aromatic heterocycles. The summed E-state index contributed by atoms with van der Waals surface area (Å²) in [5.41, 5.74) is 6.49. The molecular weight excluding hydrogens is 679 g/mol. The van der Waals surface area contributed by atoms with Crippen LogP contribution in [0, 0.1) is 30.1 Å². The zero-order valence-electron chi connectivity index (χ0n) is 30.6. The molecule has 3 aliphatic rings. The van der Waals surface area contributed by atoms with Gasteiger partial charge in [-0.05, 0) is 97.2 Å². The van der Waals surface area contributed by atoms with Gasteiger partial charge in [0.05, 0.1) is 17.6 Å². The van der Waals surface area contributed by atoms with Gasteiger partial charge < -0.3 is 25.3 Å². The van der Waals surface area contributed by atoms with Gasteiger partial charge in [-0.25, -0.2) is 9.97 Å². The number of anilines is 1. The summed E-state index contributed by atoms with van der Waals surface area (Å²) in [6.07, 6.45) is 13.3. The second kappa shape index (κ2) is 14.8. The normalized spacial score (nSPS) is 24.4. The maximum Gasteiger partial charge on any atom is 0.306 e. The van der Waals surface area contributed by atoms with Crippen LogP contribution in [-0.4, -0.2) is 61.3 Å². The number of carbonyl (C=O) groups is 1. The highest BCUT2D eigenvalue weighted by Gasteiger charge is 2.45. The van der Waals surface area contributed by atoms with Gasteiger partial charge in [-0.3, -0.25) is 14.7 Å². The first-order valence-electron chi connectivity index (χ1n) is 18.9. The molecule has 2 unspecified atom stereocenters. The van der Waals surface area contributed by atoms with Gasteiger partial charge in [0.1, 0.15) is 22.6 Å². The van der Waals surface area contributed by atoms with Crippen molar-refractivity contribution < 1.29 is 19.4 Å². The van der Waals surface area contributed by atoms with Gasteiger partial charge in [0, 0.05) is 55.9 Å². The number of nitriles is 1. The highest BCUT2D eigenvalue weighted by molar-refractivity contribution is 5.89. The Hall–Kier alpha value is -5.41. The Morgan fingerprint density at radius 2 is 1.93 bits per heavy atom. The summed E-state index contributed by atoms with van der Waals surface area (Å²) in [6.45, 7) is 7.03. The molecule has 0 bridgehead atoms. The number of carboxylic acid groups (broad SMARTS) is 1. The van der Waals surface area contributed by atoms with Crippen LogP contribution in [0.25, 0.3) is 27.6 Å². The van der Waals surface area contributed by atoms with E-state index in [0.29, 0.717) is 66.4 Å². The first-order valence-corrected chi connectivity index (χ1v) is 18.9. The first kappa shape index (κ1) is 35.6. The summed E-state index contributed by atoms with van der Waals surface area (Å²) >= 11 is 0. The van der Waals surface area contributed by atoms with Crippen molar-refractivity contribution >= 4 is 39.4 Å². The number of rotatable bonds is 10. The molecule has 2 aliphatic carbocycles. The van der Waals surface area contributed by atoms with Gasteiger partial charge in [0.2, 0.25) is 5.89 Å². The Kier molecular flexibility index (Phi) is 9.75. The molecule has 5 aromatic rings. The van der Waals surface area contributed by atoms with Crippen molar-refractivity contribution in [3.05, 3.63) is 113 Å². The molecule has 54 heavy (non-hydrogen) atoms. The SMILES string of the molecule is Cc1ccccc1C1=CC=CC(Nc2nccc3cc(CN4CC[C@@H](O)C4)cnc23)(c2nc3cc(CN[C@H]4CC[C@@H](C(=O)O)CC4)cc(C#N)c3o2)C1C. The number of oxazole rings is 1. The number of hydrogen-bond acceptors (Lipinski definition) is 10. The van der Waals surface area contributed by atoms with Crippen molar-refractivity contribution in [3.8, 4) is 6.07 Å². The first-order chi connectivity index (χ1) is 26.2. The Bertz CT molecular complexity index is 2320. The Morgan fingerprint density at radius 3 is 2.69 bits per heavy atom. The van der Waals surface area contributed by atoms with Crippen molar-refractivity contribution in [1.82, 2.24) is 25.2 Å². The molecule has 2 aromatic carbocycles. The van der Waals surface area contributed by atoms with E-state index < -0.39 is 11.5 Å². The number of β-amino-alcohol motifs (C(OH)–C–C–N with tert-alkyl or cyclic N) is 1. The lowest BCUT2D eigenvalue weighted by Gasteiger charge is -2.39. The fourth-order valence-corrected chi connectivity index (χ4v) is 8.47. The van der Waals surface area contributed by atoms with E-state index in [2.05, 4.69) is 65.8 Å².